The number of nitrogens with zero attached hydrogens (tertiary/aromatic N) is 2. The number of piperidine rings is 1. The standard InChI is InChI=1S/C24H24N4O/c25-16-20(28-24(29)22-8-1-2-13-26-22)15-17-9-11-18(12-10-17)21-7-3-5-19-6-4-14-27-23(19)21/h3-7,9-12,14,20,22,26H,1-2,8,13,15H2,(H,28,29)/t20-,22?/m0/s1. The van der Waals surface area contributed by atoms with Crippen LogP contribution in [0.25, 0.3) is 22.0 Å². The van der Waals surface area contributed by atoms with E-state index in [4.69, 9.17) is 0 Å². The van der Waals surface area contributed by atoms with Gasteiger partial charge < -0.3 is 10.6 Å². The summed E-state index contributed by atoms with van der Waals surface area (Å²) in [6, 6.07) is 19.8. The van der Waals surface area contributed by atoms with Crippen molar-refractivity contribution >= 4 is 16.8 Å². The Balaban J connectivity index is 1.46. The fraction of sp³-hybridized carbons (Fsp3) is 0.292. The monoisotopic (exact) mass is 384 g/mol. The van der Waals surface area contributed by atoms with Crippen molar-refractivity contribution in [2.24, 2.45) is 0 Å². The molecule has 1 amide bonds. The fourth-order valence-electron chi connectivity index (χ4n) is 3.87. The van der Waals surface area contributed by atoms with E-state index in [1.807, 2.05) is 30.5 Å². The van der Waals surface area contributed by atoms with Gasteiger partial charge in [-0.15, -0.1) is 0 Å². The summed E-state index contributed by atoms with van der Waals surface area (Å²) in [6.07, 6.45) is 5.28. The molecule has 2 N–H and O–H groups in total. The Morgan fingerprint density at radius 3 is 2.76 bits per heavy atom. The van der Waals surface area contributed by atoms with Crippen molar-refractivity contribution in [3.05, 3.63) is 66.4 Å². The molecule has 0 bridgehead atoms. The van der Waals surface area contributed by atoms with E-state index in [-0.39, 0.29) is 11.9 Å². The minimum absolute atomic E-state index is 0.0744. The van der Waals surface area contributed by atoms with Crippen LogP contribution < -0.4 is 10.6 Å². The SMILES string of the molecule is N#C[C@H](Cc1ccc(-c2cccc3cccnc23)cc1)NC(=O)C1CCCCN1. The van der Waals surface area contributed by atoms with Gasteiger partial charge in [0.25, 0.3) is 0 Å². The summed E-state index contributed by atoms with van der Waals surface area (Å²) in [5.41, 5.74) is 4.17. The lowest BCUT2D eigenvalue weighted by Gasteiger charge is -2.23. The van der Waals surface area contributed by atoms with E-state index < -0.39 is 6.04 Å². The molecule has 0 radical (unpaired) electrons. The number of benzene rings is 2. The second kappa shape index (κ2) is 8.85. The molecule has 2 aromatic carbocycles. The number of carbonyl (C=O) groups is 1. The Hall–Kier alpha value is -3.23. The summed E-state index contributed by atoms with van der Waals surface area (Å²) >= 11 is 0. The van der Waals surface area contributed by atoms with E-state index in [9.17, 15) is 10.1 Å². The number of amides is 1. The molecule has 2 atom stereocenters. The molecule has 0 saturated carbocycles. The average Bonchev–Trinajstić information content (AvgIpc) is 2.79. The lowest BCUT2D eigenvalue weighted by Crippen LogP contribution is -2.49. The van der Waals surface area contributed by atoms with Gasteiger partial charge in [-0.25, -0.2) is 0 Å². The quantitative estimate of drug-likeness (QED) is 0.705. The topological polar surface area (TPSA) is 77.8 Å². The molecule has 3 aromatic rings. The van der Waals surface area contributed by atoms with Crippen molar-refractivity contribution in [2.45, 2.75) is 37.8 Å². The van der Waals surface area contributed by atoms with Gasteiger partial charge in [0.1, 0.15) is 6.04 Å². The number of nitrogens with one attached hydrogen (secondary N) is 2. The summed E-state index contributed by atoms with van der Waals surface area (Å²) in [6.45, 7) is 0.861. The first kappa shape index (κ1) is 19.1. The minimum Gasteiger partial charge on any atom is -0.339 e. The minimum atomic E-state index is -0.531. The molecular weight excluding hydrogens is 360 g/mol. The lowest BCUT2D eigenvalue weighted by atomic mass is 9.98. The van der Waals surface area contributed by atoms with Gasteiger partial charge in [0, 0.05) is 23.6 Å². The van der Waals surface area contributed by atoms with Crippen LogP contribution in [0.1, 0.15) is 24.8 Å². The number of pyridine rings is 1. The Bertz CT molecular complexity index is 1030. The summed E-state index contributed by atoms with van der Waals surface area (Å²) in [7, 11) is 0. The van der Waals surface area contributed by atoms with Crippen LogP contribution in [-0.2, 0) is 11.2 Å². The highest BCUT2D eigenvalue weighted by Gasteiger charge is 2.23. The van der Waals surface area contributed by atoms with Gasteiger partial charge in [-0.2, -0.15) is 5.26 Å². The molecule has 0 spiro atoms. The number of nitriles is 1. The Kier molecular flexibility index (Phi) is 5.83. The van der Waals surface area contributed by atoms with Crippen LogP contribution >= 0.6 is 0 Å². The molecule has 5 nitrogen and oxygen atoms in total. The third-order valence-corrected chi connectivity index (χ3v) is 5.44. The summed E-state index contributed by atoms with van der Waals surface area (Å²) in [4.78, 5) is 16.9. The van der Waals surface area contributed by atoms with Gasteiger partial charge in [0.15, 0.2) is 0 Å². The van der Waals surface area contributed by atoms with Crippen molar-refractivity contribution in [3.8, 4) is 17.2 Å². The molecule has 2 heterocycles. The van der Waals surface area contributed by atoms with Crippen molar-refractivity contribution < 1.29 is 4.79 Å². The van der Waals surface area contributed by atoms with Crippen LogP contribution in [0.3, 0.4) is 0 Å². The van der Waals surface area contributed by atoms with E-state index in [0.717, 1.165) is 53.4 Å². The van der Waals surface area contributed by atoms with Gasteiger partial charge in [-0.1, -0.05) is 55.0 Å². The highest BCUT2D eigenvalue weighted by atomic mass is 16.2. The average molecular weight is 384 g/mol. The largest absolute Gasteiger partial charge is 0.339 e. The predicted octanol–water partition coefficient (Wildman–Crippen LogP) is 3.59. The zero-order valence-corrected chi connectivity index (χ0v) is 16.3. The molecule has 4 rings (SSSR count). The van der Waals surface area contributed by atoms with Gasteiger partial charge in [0.05, 0.1) is 17.6 Å². The number of aromatic nitrogens is 1. The van der Waals surface area contributed by atoms with Crippen molar-refractivity contribution in [1.82, 2.24) is 15.6 Å². The van der Waals surface area contributed by atoms with E-state index in [2.05, 4.69) is 52.0 Å². The first-order valence-electron chi connectivity index (χ1n) is 10.1. The second-order valence-corrected chi connectivity index (χ2v) is 7.47. The van der Waals surface area contributed by atoms with Crippen LogP contribution in [0.15, 0.2) is 60.8 Å². The van der Waals surface area contributed by atoms with E-state index in [1.165, 1.54) is 0 Å². The van der Waals surface area contributed by atoms with Crippen LogP contribution in [-0.4, -0.2) is 29.5 Å². The van der Waals surface area contributed by atoms with Crippen LogP contribution in [0.4, 0.5) is 0 Å². The molecule has 1 unspecified atom stereocenters. The molecule has 0 aliphatic carbocycles. The molecule has 146 valence electrons. The van der Waals surface area contributed by atoms with E-state index in [1.54, 1.807) is 0 Å². The maximum atomic E-state index is 12.4. The number of rotatable bonds is 5. The van der Waals surface area contributed by atoms with Gasteiger partial charge >= 0.3 is 0 Å². The van der Waals surface area contributed by atoms with Gasteiger partial charge in [-0.05, 0) is 36.6 Å². The zero-order valence-electron chi connectivity index (χ0n) is 16.3. The first-order valence-corrected chi connectivity index (χ1v) is 10.1. The molecule has 1 saturated heterocycles. The molecule has 1 aliphatic rings. The summed E-state index contributed by atoms with van der Waals surface area (Å²) < 4.78 is 0. The van der Waals surface area contributed by atoms with Crippen molar-refractivity contribution in [3.63, 3.8) is 0 Å². The number of carbonyl (C=O) groups excluding carboxylic acids is 1. The number of fused-ring (bicyclic) bond motifs is 1. The third kappa shape index (κ3) is 4.44. The summed E-state index contributed by atoms with van der Waals surface area (Å²) in [5.74, 6) is -0.0744. The number of hydrogen-bond donors (Lipinski definition) is 2. The maximum absolute atomic E-state index is 12.4. The Morgan fingerprint density at radius 1 is 1.17 bits per heavy atom. The van der Waals surface area contributed by atoms with Crippen LogP contribution in [0.2, 0.25) is 0 Å². The lowest BCUT2D eigenvalue weighted by molar-refractivity contribution is -0.124. The molecule has 1 fully saturated rings. The second-order valence-electron chi connectivity index (χ2n) is 7.47. The van der Waals surface area contributed by atoms with Crippen molar-refractivity contribution in [2.75, 3.05) is 6.54 Å². The van der Waals surface area contributed by atoms with E-state index >= 15 is 0 Å². The van der Waals surface area contributed by atoms with Gasteiger partial charge in [0.2, 0.25) is 5.91 Å². The van der Waals surface area contributed by atoms with Gasteiger partial charge in [-0.3, -0.25) is 9.78 Å². The number of hydrogen-bond acceptors (Lipinski definition) is 4. The highest BCUT2D eigenvalue weighted by Crippen LogP contribution is 2.27. The molecule has 29 heavy (non-hydrogen) atoms. The Labute approximate surface area is 170 Å². The number of para-hydroxylation sites is 1. The van der Waals surface area contributed by atoms with Crippen LogP contribution in [0, 0.1) is 11.3 Å². The fourth-order valence-corrected chi connectivity index (χ4v) is 3.87. The molecule has 1 aliphatic heterocycles. The van der Waals surface area contributed by atoms with Crippen LogP contribution in [0.5, 0.6) is 0 Å². The zero-order chi connectivity index (χ0) is 20.1. The molecule has 1 aromatic heterocycles. The smallest absolute Gasteiger partial charge is 0.238 e. The first-order chi connectivity index (χ1) is 14.2. The van der Waals surface area contributed by atoms with Crippen molar-refractivity contribution in [1.29, 1.82) is 5.26 Å². The van der Waals surface area contributed by atoms with E-state index in [0.29, 0.717) is 6.42 Å². The maximum Gasteiger partial charge on any atom is 0.238 e. The predicted molar refractivity (Wildman–Crippen MR) is 114 cm³/mol. The third-order valence-electron chi connectivity index (χ3n) is 5.44. The normalized spacial score (nSPS) is 17.4. The highest BCUT2D eigenvalue weighted by molar-refractivity contribution is 5.93. The molecule has 5 heteroatoms. The summed E-state index contributed by atoms with van der Waals surface area (Å²) in [5, 5.41) is 16.7. The Morgan fingerprint density at radius 2 is 2.00 bits per heavy atom. The molecular formula is C24H24N4O.